The lowest BCUT2D eigenvalue weighted by molar-refractivity contribution is -0.366. The minimum Gasteiger partial charge on any atom is -0.507 e. The van der Waals surface area contributed by atoms with E-state index in [4.69, 9.17) is 19.8 Å². The van der Waals surface area contributed by atoms with Gasteiger partial charge in [-0.3, -0.25) is 14.9 Å². The average molecular weight is 987 g/mol. The summed E-state index contributed by atoms with van der Waals surface area (Å²) >= 11 is 0. The Morgan fingerprint density at radius 2 is 1.67 bits per heavy atom. The van der Waals surface area contributed by atoms with Gasteiger partial charge in [0.25, 0.3) is 5.79 Å². The second kappa shape index (κ2) is 14.9. The maximum atomic E-state index is 15.2. The number of nitrogens with one attached hydrogen (secondary N) is 2. The number of pyridine rings is 1. The third kappa shape index (κ3) is 5.49. The molecule has 8 N–H and O–H groups in total. The quantitative estimate of drug-likeness (QED) is 0.0801. The fourth-order valence-electron chi connectivity index (χ4n) is 17.6. The first-order chi connectivity index (χ1) is 35.2. The third-order valence-electron chi connectivity index (χ3n) is 20.7. The summed E-state index contributed by atoms with van der Waals surface area (Å²) in [5.74, 6) is -4.25. The molecule has 8 bridgehead atoms. The summed E-state index contributed by atoms with van der Waals surface area (Å²) in [4.78, 5) is 43.6. The van der Waals surface area contributed by atoms with Crippen LogP contribution in [0.5, 0.6) is 11.5 Å². The summed E-state index contributed by atoms with van der Waals surface area (Å²) in [6, 6.07) is 9.33. The topological polar surface area (TPSA) is 241 Å². The number of phenolic OH excluding ortho intramolecular Hbond substituents is 1. The molecule has 4 aromatic rings. The van der Waals surface area contributed by atoms with Crippen molar-refractivity contribution in [3.05, 3.63) is 117 Å². The average Bonchev–Trinajstić information content (AvgIpc) is 4.26. The highest BCUT2D eigenvalue weighted by Crippen LogP contribution is 2.74. The van der Waals surface area contributed by atoms with Crippen molar-refractivity contribution in [3.8, 4) is 11.5 Å². The summed E-state index contributed by atoms with van der Waals surface area (Å²) in [6.07, 6.45) is 10.1. The van der Waals surface area contributed by atoms with Crippen LogP contribution in [0.15, 0.2) is 58.7 Å². The summed E-state index contributed by atoms with van der Waals surface area (Å²) < 4.78 is 14.7. The van der Waals surface area contributed by atoms with Gasteiger partial charge in [-0.1, -0.05) is 36.2 Å². The fraction of sp³-hybridized carbons (Fsp3) is 0.517. The molecule has 15 heteroatoms. The number of fused-ring (bicyclic) bond motifs is 7. The van der Waals surface area contributed by atoms with Crippen molar-refractivity contribution in [3.63, 3.8) is 0 Å². The maximum absolute atomic E-state index is 15.2. The molecule has 10 atom stereocenters. The zero-order chi connectivity index (χ0) is 49.8. The number of rotatable bonds is 2. The second-order valence-electron chi connectivity index (χ2n) is 24.0. The molecule has 4 saturated carbocycles. The van der Waals surface area contributed by atoms with Crippen LogP contribution in [0.3, 0.4) is 0 Å². The Kier molecular flexibility index (Phi) is 9.15. The Morgan fingerprint density at radius 3 is 2.47 bits per heavy atom. The van der Waals surface area contributed by atoms with E-state index in [9.17, 15) is 30.6 Å². The van der Waals surface area contributed by atoms with E-state index in [1.54, 1.807) is 44.1 Å². The monoisotopic (exact) mass is 986 g/mol. The lowest BCUT2D eigenvalue weighted by Gasteiger charge is -2.64. The van der Waals surface area contributed by atoms with E-state index in [0.717, 1.165) is 99.9 Å². The fourth-order valence-corrected chi connectivity index (χ4v) is 17.6. The van der Waals surface area contributed by atoms with Crippen molar-refractivity contribution >= 4 is 39.9 Å². The first kappa shape index (κ1) is 44.9. The Morgan fingerprint density at radius 1 is 0.863 bits per heavy atom. The highest BCUT2D eigenvalue weighted by Gasteiger charge is 2.76. The number of ketones is 2. The Bertz CT molecular complexity index is 3240. The molecule has 2 aromatic carbocycles. The molecule has 5 spiro atoms. The SMILES string of the molecule is Cc1cc(O)c2c(c1)C(=O)c1c(c3cc4c(nccc14)NC[C@H](O)[C@@]14CCC[C@H]1c1cc(C5([C+]6C=N[CH+][N-]6)CCCCC5)[nH]c1C1=C[C@@]5(O3)O[C@@]3(C1=C4C[C@]1(CCC4(CCCC4)C1)[C@H]3O)[C@@H](O)[C@H](O)[C@H]5O)C2=O. The summed E-state index contributed by atoms with van der Waals surface area (Å²) in [5, 5.41) is 86.9. The summed E-state index contributed by atoms with van der Waals surface area (Å²) in [6.45, 7) is 3.33. The number of aryl methyl sites for hydroxylation is 1. The number of anilines is 1. The number of carbonyl (C=O) groups excluding carboxylic acids is 2. The van der Waals surface area contributed by atoms with Crippen molar-refractivity contribution < 1.29 is 49.7 Å². The molecule has 12 aliphatic rings. The molecule has 15 nitrogen and oxygen atoms in total. The number of aromatic nitrogens is 2. The van der Waals surface area contributed by atoms with Crippen LogP contribution in [0.2, 0.25) is 0 Å². The minimum absolute atomic E-state index is 0.00925. The lowest BCUT2D eigenvalue weighted by Crippen LogP contribution is -2.78. The largest absolute Gasteiger partial charge is 0.507 e. The zero-order valence-electron chi connectivity index (χ0n) is 40.8. The number of hydrogen-bond acceptors (Lipinski definition) is 13. The molecule has 5 aliphatic heterocycles. The molecular weight excluding hydrogens is 927 g/mol. The predicted molar refractivity (Wildman–Crippen MR) is 268 cm³/mol. The Balaban J connectivity index is 1.06. The van der Waals surface area contributed by atoms with Crippen LogP contribution < -0.4 is 10.1 Å². The van der Waals surface area contributed by atoms with E-state index in [1.165, 1.54) is 6.07 Å². The van der Waals surface area contributed by atoms with Gasteiger partial charge in [-0.15, -0.1) is 0 Å². The van der Waals surface area contributed by atoms with Crippen LogP contribution in [-0.4, -0.2) is 107 Å². The Hall–Kier alpha value is -5.52. The number of nitrogens with zero attached hydrogens (tertiary/aromatic N) is 3. The summed E-state index contributed by atoms with van der Waals surface area (Å²) in [7, 11) is 0. The number of hydrogen-bond donors (Lipinski definition) is 8. The number of benzene rings is 2. The molecule has 7 aliphatic carbocycles. The van der Waals surface area contributed by atoms with Crippen LogP contribution in [0, 0.1) is 35.9 Å². The van der Waals surface area contributed by atoms with E-state index in [-0.39, 0.29) is 51.6 Å². The molecule has 0 unspecified atom stereocenters. The maximum Gasteiger partial charge on any atom is 0.302 e. The first-order valence-electron chi connectivity index (χ1n) is 26.8. The summed E-state index contributed by atoms with van der Waals surface area (Å²) in [5.41, 5.74) is -0.0142. The van der Waals surface area contributed by atoms with Crippen LogP contribution in [-0.2, 0) is 10.2 Å². The molecule has 0 radical (unpaired) electrons. The van der Waals surface area contributed by atoms with Gasteiger partial charge in [-0.2, -0.15) is 0 Å². The van der Waals surface area contributed by atoms with Gasteiger partial charge in [0.2, 0.25) is 5.78 Å². The Labute approximate surface area is 422 Å². The smallest absolute Gasteiger partial charge is 0.302 e. The number of phenols is 1. The van der Waals surface area contributed by atoms with Crippen LogP contribution >= 0.6 is 0 Å². The molecular formula is C58H60N5O10+. The molecule has 16 rings (SSSR count). The van der Waals surface area contributed by atoms with Crippen molar-refractivity contribution in [1.82, 2.24) is 9.97 Å². The van der Waals surface area contributed by atoms with Crippen molar-refractivity contribution in [2.75, 3.05) is 11.9 Å². The number of aliphatic imine (C=N–C) groups is 1. The number of aromatic hydroxyl groups is 1. The van der Waals surface area contributed by atoms with E-state index < -0.39 is 69.7 Å². The van der Waals surface area contributed by atoms with Gasteiger partial charge in [-0.05, 0) is 141 Å². The highest BCUT2D eigenvalue weighted by molar-refractivity contribution is 6.34. The number of ether oxygens (including phenoxy) is 2. The van der Waals surface area contributed by atoms with Gasteiger partial charge in [0.1, 0.15) is 29.5 Å². The van der Waals surface area contributed by atoms with Crippen molar-refractivity contribution in [2.45, 2.75) is 163 Å². The first-order valence-corrected chi connectivity index (χ1v) is 26.8. The molecule has 5 fully saturated rings. The van der Waals surface area contributed by atoms with Gasteiger partial charge in [0, 0.05) is 64.2 Å². The highest BCUT2D eigenvalue weighted by atomic mass is 16.7. The van der Waals surface area contributed by atoms with Gasteiger partial charge >= 0.3 is 6.21 Å². The molecule has 7 heterocycles. The minimum atomic E-state index is -2.44. The van der Waals surface area contributed by atoms with Gasteiger partial charge < -0.3 is 50.4 Å². The standard InChI is InChI=1S/C58H59N5O10/c1-28-18-32-41(36(64)19-28)47(67)43-37-20-30-29(42(43)46(32)66)9-17-60-51(30)61-25-40(65)56-14-7-8-34(56)31-21-38(55(12-3-2-4-13-55)39-24-59-27-62-39)63-45(31)33-22-57(72-37)49(69)48(68)50(70)58(73-57)44(33)35(56)23-54(52(58)71)16-15-53(26-54)10-5-6-11-53/h9,17-22,24,27,34,40,48-50,52,63,65,68-71H,2-8,10-16,23,25-26H2,1H3,(H-,60,61,64,66,67)/p+1/t34-,40-,48+,49+,50-,52+,54-,56-,57+,58-/m0/s1. The van der Waals surface area contributed by atoms with Crippen LogP contribution in [0.25, 0.3) is 21.7 Å². The third-order valence-corrected chi connectivity index (χ3v) is 20.7. The number of carbonyl (C=O) groups is 2. The van der Waals surface area contributed by atoms with E-state index in [1.807, 2.05) is 6.21 Å². The molecule has 0 amide bonds. The van der Waals surface area contributed by atoms with Crippen LogP contribution in [0.4, 0.5) is 5.82 Å². The molecule has 376 valence electrons. The number of H-pyrrole nitrogens is 1. The second-order valence-corrected chi connectivity index (χ2v) is 24.0. The lowest BCUT2D eigenvalue weighted by atomic mass is 9.51. The molecule has 1 saturated heterocycles. The van der Waals surface area contributed by atoms with Gasteiger partial charge in [0.05, 0.1) is 35.7 Å². The van der Waals surface area contributed by atoms with Crippen molar-refractivity contribution in [2.24, 2.45) is 21.2 Å². The number of aliphatic hydroxyl groups excluding tert-OH is 5. The van der Waals surface area contributed by atoms with Gasteiger partial charge in [0.15, 0.2) is 28.9 Å². The molecule has 2 aromatic heterocycles. The molecule has 73 heavy (non-hydrogen) atoms. The van der Waals surface area contributed by atoms with E-state index in [0.29, 0.717) is 64.7 Å². The van der Waals surface area contributed by atoms with E-state index in [2.05, 4.69) is 21.4 Å². The normalized spacial score (nSPS) is 37.0. The van der Waals surface area contributed by atoms with Crippen molar-refractivity contribution in [1.29, 1.82) is 0 Å². The number of aromatic amines is 1. The zero-order valence-corrected chi connectivity index (χ0v) is 40.8. The van der Waals surface area contributed by atoms with Crippen LogP contribution in [0.1, 0.15) is 163 Å². The predicted octanol–water partition coefficient (Wildman–Crippen LogP) is 7.53. The van der Waals surface area contributed by atoms with Gasteiger partial charge in [-0.25, -0.2) is 4.98 Å². The number of aliphatic hydroxyl groups is 5. The van der Waals surface area contributed by atoms with E-state index >= 15 is 9.59 Å².